The molecule has 2 aromatic rings. The number of nitrogens with zero attached hydrogens (tertiary/aromatic N) is 1. The van der Waals surface area contributed by atoms with E-state index < -0.39 is 31.7 Å². The lowest BCUT2D eigenvalue weighted by Gasteiger charge is -2.41. The van der Waals surface area contributed by atoms with Gasteiger partial charge in [0.2, 0.25) is 6.29 Å². The van der Waals surface area contributed by atoms with Gasteiger partial charge < -0.3 is 19.0 Å². The number of hydrogen-bond donors (Lipinski definition) is 1. The summed E-state index contributed by atoms with van der Waals surface area (Å²) >= 11 is 0. The maximum absolute atomic E-state index is 10.9. The highest BCUT2D eigenvalue weighted by Crippen LogP contribution is 2.38. The zero-order chi connectivity index (χ0) is 23.2. The van der Waals surface area contributed by atoms with Crippen molar-refractivity contribution >= 4 is 14.0 Å². The van der Waals surface area contributed by atoms with E-state index >= 15 is 0 Å². The third kappa shape index (κ3) is 7.14. The maximum atomic E-state index is 10.9. The topological polar surface area (TPSA) is 91.1 Å². The van der Waals surface area contributed by atoms with E-state index in [2.05, 4.69) is 33.9 Å². The number of nitro benzene ring substituents is 1. The average Bonchev–Trinajstić information content (AvgIpc) is 2.68. The van der Waals surface area contributed by atoms with Crippen LogP contribution < -0.4 is 4.74 Å². The van der Waals surface area contributed by atoms with Crippen LogP contribution in [0.1, 0.15) is 33.3 Å². The van der Waals surface area contributed by atoms with Crippen molar-refractivity contribution in [3.8, 4) is 5.75 Å². The fourth-order valence-corrected chi connectivity index (χ4v) is 3.73. The first-order chi connectivity index (χ1) is 14.4. The Morgan fingerprint density at radius 1 is 1.06 bits per heavy atom. The van der Waals surface area contributed by atoms with Gasteiger partial charge in [-0.15, -0.1) is 0 Å². The molecule has 31 heavy (non-hydrogen) atoms. The van der Waals surface area contributed by atoms with E-state index in [4.69, 9.17) is 13.9 Å². The Morgan fingerprint density at radius 3 is 2.13 bits per heavy atom. The molecule has 0 spiro atoms. The number of benzene rings is 2. The predicted octanol–water partition coefficient (Wildman–Crippen LogP) is 5.29. The van der Waals surface area contributed by atoms with E-state index in [1.165, 1.54) is 24.3 Å². The molecule has 0 aliphatic carbocycles. The Bertz CT molecular complexity index is 833. The highest BCUT2D eigenvalue weighted by molar-refractivity contribution is 6.74. The minimum absolute atomic E-state index is 0.0263. The second-order valence-corrected chi connectivity index (χ2v) is 13.9. The zero-order valence-corrected chi connectivity index (χ0v) is 20.1. The van der Waals surface area contributed by atoms with Crippen LogP contribution >= 0.6 is 0 Å². The van der Waals surface area contributed by atoms with Crippen molar-refractivity contribution < 1.29 is 23.9 Å². The standard InChI is InChI=1S/C23H33NO6Si/c1-17(25)21(28-16-18-10-8-7-9-11-18)22(30-31(5,6)23(2,3)4)29-20-14-12-19(13-15-20)24(26)27/h7-15,17,21-22,25H,16H2,1-6H3/t17-,21+,22?/m1/s1. The van der Waals surface area contributed by atoms with Crippen molar-refractivity contribution in [2.45, 2.75) is 70.9 Å². The normalized spacial score (nSPS) is 15.2. The highest BCUT2D eigenvalue weighted by Gasteiger charge is 2.43. The third-order valence-corrected chi connectivity index (χ3v) is 9.98. The highest BCUT2D eigenvalue weighted by atomic mass is 28.4. The van der Waals surface area contributed by atoms with Crippen LogP contribution in [-0.4, -0.2) is 36.8 Å². The molecule has 0 amide bonds. The Kier molecular flexibility index (Phi) is 8.36. The first kappa shape index (κ1) is 25.0. The molecular weight excluding hydrogens is 414 g/mol. The molecule has 0 aromatic heterocycles. The Balaban J connectivity index is 2.29. The summed E-state index contributed by atoms with van der Waals surface area (Å²) in [7, 11) is -2.29. The van der Waals surface area contributed by atoms with Gasteiger partial charge in [0.25, 0.3) is 5.69 Å². The molecule has 0 aliphatic rings. The summed E-state index contributed by atoms with van der Waals surface area (Å²) < 4.78 is 18.6. The molecule has 2 rings (SSSR count). The molecule has 1 N–H and O–H groups in total. The summed E-state index contributed by atoms with van der Waals surface area (Å²) in [5.41, 5.74) is 0.941. The molecule has 8 heteroatoms. The molecule has 0 saturated heterocycles. The molecule has 2 aromatic carbocycles. The number of ether oxygens (including phenoxy) is 2. The molecule has 0 heterocycles. The van der Waals surface area contributed by atoms with Crippen LogP contribution in [-0.2, 0) is 15.8 Å². The minimum atomic E-state index is -2.29. The fourth-order valence-electron chi connectivity index (χ4n) is 2.62. The largest absolute Gasteiger partial charge is 0.463 e. The zero-order valence-electron chi connectivity index (χ0n) is 19.1. The van der Waals surface area contributed by atoms with Gasteiger partial charge in [0.15, 0.2) is 8.32 Å². The van der Waals surface area contributed by atoms with Crippen LogP contribution in [0.3, 0.4) is 0 Å². The molecule has 3 atom stereocenters. The summed E-state index contributed by atoms with van der Waals surface area (Å²) in [6.07, 6.45) is -2.51. The van der Waals surface area contributed by atoms with Gasteiger partial charge in [-0.25, -0.2) is 0 Å². The Labute approximate surface area is 185 Å². The number of nitro groups is 1. The van der Waals surface area contributed by atoms with Gasteiger partial charge >= 0.3 is 0 Å². The van der Waals surface area contributed by atoms with Crippen molar-refractivity contribution in [1.29, 1.82) is 0 Å². The van der Waals surface area contributed by atoms with Crippen LogP contribution in [0, 0.1) is 10.1 Å². The number of aliphatic hydroxyl groups is 1. The quantitative estimate of drug-likeness (QED) is 0.230. The summed E-state index contributed by atoms with van der Waals surface area (Å²) in [6, 6.07) is 15.5. The van der Waals surface area contributed by atoms with Gasteiger partial charge in [-0.3, -0.25) is 10.1 Å². The molecule has 0 saturated carbocycles. The monoisotopic (exact) mass is 447 g/mol. The van der Waals surface area contributed by atoms with Crippen LogP contribution in [0.2, 0.25) is 18.1 Å². The SMILES string of the molecule is C[C@@H](O)[C@H](OCc1ccccc1)C(Oc1ccc([N+](=O)[O-])cc1)O[Si](C)(C)C(C)(C)C. The van der Waals surface area contributed by atoms with E-state index in [1.807, 2.05) is 30.3 Å². The van der Waals surface area contributed by atoms with Gasteiger partial charge in [0.1, 0.15) is 11.9 Å². The van der Waals surface area contributed by atoms with Crippen molar-refractivity contribution in [2.75, 3.05) is 0 Å². The van der Waals surface area contributed by atoms with Gasteiger partial charge in [-0.05, 0) is 42.8 Å². The third-order valence-electron chi connectivity index (χ3n) is 5.55. The molecular formula is C23H33NO6Si. The number of non-ortho nitro benzene ring substituents is 1. The van der Waals surface area contributed by atoms with Crippen molar-refractivity contribution in [2.24, 2.45) is 0 Å². The van der Waals surface area contributed by atoms with E-state index in [-0.39, 0.29) is 17.3 Å². The molecule has 170 valence electrons. The predicted molar refractivity (Wildman–Crippen MR) is 122 cm³/mol. The van der Waals surface area contributed by atoms with Gasteiger partial charge in [0.05, 0.1) is 17.6 Å². The maximum Gasteiger partial charge on any atom is 0.269 e. The summed E-state index contributed by atoms with van der Waals surface area (Å²) in [4.78, 5) is 10.5. The van der Waals surface area contributed by atoms with Crippen LogP contribution in [0.15, 0.2) is 54.6 Å². The Morgan fingerprint density at radius 2 is 1.65 bits per heavy atom. The molecule has 0 fully saturated rings. The second-order valence-electron chi connectivity index (χ2n) is 9.12. The molecule has 0 bridgehead atoms. The van der Waals surface area contributed by atoms with E-state index in [1.54, 1.807) is 6.92 Å². The van der Waals surface area contributed by atoms with Crippen LogP contribution in [0.5, 0.6) is 5.75 Å². The number of aliphatic hydroxyl groups excluding tert-OH is 1. The van der Waals surface area contributed by atoms with Crippen molar-refractivity contribution in [3.05, 3.63) is 70.3 Å². The van der Waals surface area contributed by atoms with E-state index in [0.29, 0.717) is 5.75 Å². The first-order valence-electron chi connectivity index (χ1n) is 10.3. The lowest BCUT2D eigenvalue weighted by Crippen LogP contribution is -2.52. The van der Waals surface area contributed by atoms with Crippen molar-refractivity contribution in [1.82, 2.24) is 0 Å². The molecule has 0 radical (unpaired) electrons. The molecule has 0 aliphatic heterocycles. The minimum Gasteiger partial charge on any atom is -0.463 e. The fraction of sp³-hybridized carbons (Fsp3) is 0.478. The number of rotatable bonds is 10. The lowest BCUT2D eigenvalue weighted by molar-refractivity contribution is -0.384. The van der Waals surface area contributed by atoms with Gasteiger partial charge in [-0.2, -0.15) is 0 Å². The second kappa shape index (κ2) is 10.4. The summed E-state index contributed by atoms with van der Waals surface area (Å²) in [5, 5.41) is 21.3. The van der Waals surface area contributed by atoms with Crippen LogP contribution in [0.25, 0.3) is 0 Å². The first-order valence-corrected chi connectivity index (χ1v) is 13.2. The van der Waals surface area contributed by atoms with E-state index in [9.17, 15) is 15.2 Å². The summed E-state index contributed by atoms with van der Waals surface area (Å²) in [6.45, 7) is 12.5. The smallest absolute Gasteiger partial charge is 0.269 e. The van der Waals surface area contributed by atoms with E-state index in [0.717, 1.165) is 5.56 Å². The molecule has 1 unspecified atom stereocenters. The lowest BCUT2D eigenvalue weighted by atomic mass is 10.2. The van der Waals surface area contributed by atoms with Gasteiger partial charge in [-0.1, -0.05) is 51.1 Å². The number of hydrogen-bond acceptors (Lipinski definition) is 6. The summed E-state index contributed by atoms with van der Waals surface area (Å²) in [5.74, 6) is 0.406. The molecule has 7 nitrogen and oxygen atoms in total. The average molecular weight is 448 g/mol. The van der Waals surface area contributed by atoms with Crippen LogP contribution in [0.4, 0.5) is 5.69 Å². The van der Waals surface area contributed by atoms with Gasteiger partial charge in [0, 0.05) is 12.1 Å². The Hall–Kier alpha value is -2.26. The van der Waals surface area contributed by atoms with Crippen molar-refractivity contribution in [3.63, 3.8) is 0 Å².